The SMILES string of the molecule is Cc1ccc(F)cc1CC(NN)c1cccc(C)c1Br. The molecule has 0 heterocycles. The Labute approximate surface area is 127 Å². The van der Waals surface area contributed by atoms with Crippen molar-refractivity contribution < 1.29 is 4.39 Å². The molecule has 2 nitrogen and oxygen atoms in total. The van der Waals surface area contributed by atoms with E-state index in [9.17, 15) is 4.39 Å². The van der Waals surface area contributed by atoms with Crippen LogP contribution in [0.2, 0.25) is 0 Å². The van der Waals surface area contributed by atoms with Gasteiger partial charge in [-0.15, -0.1) is 0 Å². The molecule has 4 heteroatoms. The van der Waals surface area contributed by atoms with Crippen molar-refractivity contribution in [1.82, 2.24) is 5.43 Å². The smallest absolute Gasteiger partial charge is 0.123 e. The second kappa shape index (κ2) is 6.48. The molecule has 106 valence electrons. The average Bonchev–Trinajstić information content (AvgIpc) is 2.43. The maximum atomic E-state index is 13.4. The van der Waals surface area contributed by atoms with E-state index in [2.05, 4.69) is 21.4 Å². The molecule has 0 radical (unpaired) electrons. The fourth-order valence-electron chi connectivity index (χ4n) is 2.28. The zero-order chi connectivity index (χ0) is 14.7. The molecule has 0 aliphatic carbocycles. The van der Waals surface area contributed by atoms with E-state index >= 15 is 0 Å². The average molecular weight is 337 g/mol. The van der Waals surface area contributed by atoms with E-state index in [-0.39, 0.29) is 11.9 Å². The molecule has 0 amide bonds. The molecular weight excluding hydrogens is 319 g/mol. The third-order valence-electron chi connectivity index (χ3n) is 3.53. The van der Waals surface area contributed by atoms with E-state index in [1.807, 2.05) is 32.0 Å². The van der Waals surface area contributed by atoms with Crippen LogP contribution in [0.5, 0.6) is 0 Å². The number of hydrogen-bond donors (Lipinski definition) is 2. The van der Waals surface area contributed by atoms with E-state index in [0.29, 0.717) is 6.42 Å². The largest absolute Gasteiger partial charge is 0.271 e. The van der Waals surface area contributed by atoms with Crippen molar-refractivity contribution in [3.8, 4) is 0 Å². The van der Waals surface area contributed by atoms with Gasteiger partial charge in [0.1, 0.15) is 5.82 Å². The molecular formula is C16H18BrFN2. The highest BCUT2D eigenvalue weighted by Crippen LogP contribution is 2.29. The highest BCUT2D eigenvalue weighted by atomic mass is 79.9. The van der Waals surface area contributed by atoms with E-state index in [4.69, 9.17) is 5.84 Å². The van der Waals surface area contributed by atoms with Gasteiger partial charge in [-0.2, -0.15) is 0 Å². The van der Waals surface area contributed by atoms with Gasteiger partial charge in [0.25, 0.3) is 0 Å². The Balaban J connectivity index is 2.34. The number of halogens is 2. The first-order valence-corrected chi connectivity index (χ1v) is 7.28. The van der Waals surface area contributed by atoms with Crippen molar-refractivity contribution in [1.29, 1.82) is 0 Å². The zero-order valence-electron chi connectivity index (χ0n) is 11.6. The second-order valence-electron chi connectivity index (χ2n) is 4.97. The second-order valence-corrected chi connectivity index (χ2v) is 5.77. The van der Waals surface area contributed by atoms with Crippen LogP contribution in [0.4, 0.5) is 4.39 Å². The lowest BCUT2D eigenvalue weighted by molar-refractivity contribution is 0.545. The number of benzene rings is 2. The van der Waals surface area contributed by atoms with Gasteiger partial charge in [-0.1, -0.05) is 40.2 Å². The van der Waals surface area contributed by atoms with Crippen molar-refractivity contribution >= 4 is 15.9 Å². The Hall–Kier alpha value is -1.23. The minimum absolute atomic E-state index is 0.0650. The molecule has 0 aromatic heterocycles. The van der Waals surface area contributed by atoms with Crippen molar-refractivity contribution in [2.45, 2.75) is 26.3 Å². The van der Waals surface area contributed by atoms with Crippen LogP contribution < -0.4 is 11.3 Å². The molecule has 2 rings (SSSR count). The molecule has 0 spiro atoms. The minimum Gasteiger partial charge on any atom is -0.271 e. The molecule has 0 fully saturated rings. The Morgan fingerprint density at radius 2 is 1.95 bits per heavy atom. The number of hydrazine groups is 1. The third kappa shape index (κ3) is 3.26. The summed E-state index contributed by atoms with van der Waals surface area (Å²) in [6, 6.07) is 10.8. The molecule has 0 aliphatic heterocycles. The van der Waals surface area contributed by atoms with Crippen molar-refractivity contribution in [3.63, 3.8) is 0 Å². The summed E-state index contributed by atoms with van der Waals surface area (Å²) in [5.74, 6) is 5.48. The fraction of sp³-hybridized carbons (Fsp3) is 0.250. The molecule has 1 atom stereocenters. The Morgan fingerprint density at radius 3 is 2.65 bits per heavy atom. The van der Waals surface area contributed by atoms with Crippen molar-refractivity contribution in [2.24, 2.45) is 5.84 Å². The molecule has 0 aliphatic rings. The van der Waals surface area contributed by atoms with E-state index in [0.717, 1.165) is 26.7 Å². The first-order valence-electron chi connectivity index (χ1n) is 6.49. The molecule has 0 saturated heterocycles. The maximum absolute atomic E-state index is 13.4. The topological polar surface area (TPSA) is 38.0 Å². The van der Waals surface area contributed by atoms with Gasteiger partial charge < -0.3 is 0 Å². The van der Waals surface area contributed by atoms with E-state index in [1.54, 1.807) is 12.1 Å². The predicted molar refractivity (Wildman–Crippen MR) is 83.8 cm³/mol. The van der Waals surface area contributed by atoms with Gasteiger partial charge in [0.05, 0.1) is 6.04 Å². The van der Waals surface area contributed by atoms with Crippen LogP contribution in [0, 0.1) is 19.7 Å². The third-order valence-corrected chi connectivity index (χ3v) is 4.62. The van der Waals surface area contributed by atoms with Crippen LogP contribution in [-0.2, 0) is 6.42 Å². The Kier molecular flexibility index (Phi) is 4.91. The summed E-state index contributed by atoms with van der Waals surface area (Å²) in [5, 5.41) is 0. The molecule has 2 aromatic rings. The molecule has 0 bridgehead atoms. The summed E-state index contributed by atoms with van der Waals surface area (Å²) in [7, 11) is 0. The van der Waals surface area contributed by atoms with Gasteiger partial charge in [-0.3, -0.25) is 11.3 Å². The van der Waals surface area contributed by atoms with Crippen molar-refractivity contribution in [2.75, 3.05) is 0 Å². The number of rotatable bonds is 4. The molecule has 20 heavy (non-hydrogen) atoms. The number of aryl methyl sites for hydroxylation is 2. The number of nitrogens with two attached hydrogens (primary N) is 1. The highest BCUT2D eigenvalue weighted by molar-refractivity contribution is 9.10. The van der Waals surface area contributed by atoms with E-state index in [1.165, 1.54) is 6.07 Å². The number of hydrogen-bond acceptors (Lipinski definition) is 2. The lowest BCUT2D eigenvalue weighted by atomic mass is 9.95. The lowest BCUT2D eigenvalue weighted by Crippen LogP contribution is -2.30. The van der Waals surface area contributed by atoms with Crippen LogP contribution in [0.3, 0.4) is 0 Å². The first-order chi connectivity index (χ1) is 9.52. The Morgan fingerprint density at radius 1 is 1.20 bits per heavy atom. The van der Waals surface area contributed by atoms with Crippen LogP contribution >= 0.6 is 15.9 Å². The highest BCUT2D eigenvalue weighted by Gasteiger charge is 2.16. The summed E-state index contributed by atoms with van der Waals surface area (Å²) in [6.45, 7) is 4.02. The van der Waals surface area contributed by atoms with Crippen LogP contribution in [0.1, 0.15) is 28.3 Å². The molecule has 1 unspecified atom stereocenters. The molecule has 2 aromatic carbocycles. The summed E-state index contributed by atoms with van der Waals surface area (Å²) in [5.41, 5.74) is 7.09. The van der Waals surface area contributed by atoms with Gasteiger partial charge in [0.15, 0.2) is 0 Å². The lowest BCUT2D eigenvalue weighted by Gasteiger charge is -2.20. The Bertz CT molecular complexity index is 613. The summed E-state index contributed by atoms with van der Waals surface area (Å²) in [6.07, 6.45) is 0.641. The van der Waals surface area contributed by atoms with Crippen LogP contribution in [-0.4, -0.2) is 0 Å². The van der Waals surface area contributed by atoms with Crippen molar-refractivity contribution in [3.05, 3.63) is 68.9 Å². The van der Waals surface area contributed by atoms with Gasteiger partial charge in [-0.25, -0.2) is 4.39 Å². The fourth-order valence-corrected chi connectivity index (χ4v) is 2.82. The standard InChI is InChI=1S/C16H18BrFN2/c1-10-6-7-13(18)8-12(10)9-15(20-19)14-5-3-4-11(2)16(14)17/h3-8,15,20H,9,19H2,1-2H3. The van der Waals surface area contributed by atoms with Crippen LogP contribution in [0.15, 0.2) is 40.9 Å². The van der Waals surface area contributed by atoms with Gasteiger partial charge in [0.2, 0.25) is 0 Å². The monoisotopic (exact) mass is 336 g/mol. The maximum Gasteiger partial charge on any atom is 0.123 e. The van der Waals surface area contributed by atoms with Gasteiger partial charge >= 0.3 is 0 Å². The molecule has 0 saturated carbocycles. The quantitative estimate of drug-likeness (QED) is 0.655. The summed E-state index contributed by atoms with van der Waals surface area (Å²) >= 11 is 3.60. The summed E-state index contributed by atoms with van der Waals surface area (Å²) < 4.78 is 14.4. The first kappa shape index (κ1) is 15.2. The van der Waals surface area contributed by atoms with Gasteiger partial charge in [-0.05, 0) is 54.7 Å². The number of nitrogens with one attached hydrogen (secondary N) is 1. The zero-order valence-corrected chi connectivity index (χ0v) is 13.2. The van der Waals surface area contributed by atoms with E-state index < -0.39 is 0 Å². The predicted octanol–water partition coefficient (Wildman–Crippen LogP) is 3.95. The normalized spacial score (nSPS) is 12.4. The summed E-state index contributed by atoms with van der Waals surface area (Å²) in [4.78, 5) is 0. The van der Waals surface area contributed by atoms with Gasteiger partial charge in [0, 0.05) is 4.47 Å². The minimum atomic E-state index is -0.218. The molecule has 3 N–H and O–H groups in total. The van der Waals surface area contributed by atoms with Crippen LogP contribution in [0.25, 0.3) is 0 Å².